The van der Waals surface area contributed by atoms with Gasteiger partial charge in [-0.25, -0.2) is 9.18 Å². The highest BCUT2D eigenvalue weighted by Gasteiger charge is 2.32. The largest absolute Gasteiger partial charge is 0.460 e. The molecular formula is C8H12FO4. The van der Waals surface area contributed by atoms with Gasteiger partial charge in [0.15, 0.2) is 0 Å². The summed E-state index contributed by atoms with van der Waals surface area (Å²) in [7, 11) is 0. The van der Waals surface area contributed by atoms with Gasteiger partial charge >= 0.3 is 11.9 Å². The van der Waals surface area contributed by atoms with Crippen LogP contribution in [0.15, 0.2) is 0 Å². The van der Waals surface area contributed by atoms with E-state index in [9.17, 15) is 14.0 Å². The summed E-state index contributed by atoms with van der Waals surface area (Å²) in [5.41, 5.74) is -1.41. The third-order valence-corrected chi connectivity index (χ3v) is 1.17. The molecule has 0 aromatic rings. The Balaban J connectivity index is 4.10. The molecule has 1 radical (unpaired) electrons. The van der Waals surface area contributed by atoms with Crippen molar-refractivity contribution in [1.82, 2.24) is 0 Å². The fourth-order valence-electron chi connectivity index (χ4n) is 0.631. The summed E-state index contributed by atoms with van der Waals surface area (Å²) >= 11 is 0. The summed E-state index contributed by atoms with van der Waals surface area (Å²) in [6.45, 7) is 4.53. The average molecular weight is 191 g/mol. The zero-order chi connectivity index (χ0) is 10.5. The minimum Gasteiger partial charge on any atom is -0.460 e. The third-order valence-electron chi connectivity index (χ3n) is 1.17. The molecule has 0 spiro atoms. The minimum atomic E-state index is -1.41. The fraction of sp³-hybridized carbons (Fsp3) is 0.625. The van der Waals surface area contributed by atoms with Crippen LogP contribution in [0.2, 0.25) is 0 Å². The first-order valence-corrected chi connectivity index (χ1v) is 3.68. The predicted molar refractivity (Wildman–Crippen MR) is 42.5 cm³/mol. The predicted octanol–water partition coefficient (Wildman–Crippen LogP) is 0.655. The van der Waals surface area contributed by atoms with Crippen molar-refractivity contribution in [3.63, 3.8) is 0 Å². The molecule has 0 aliphatic carbocycles. The van der Waals surface area contributed by atoms with E-state index in [-0.39, 0.29) is 6.61 Å². The van der Waals surface area contributed by atoms with E-state index in [0.29, 0.717) is 0 Å². The van der Waals surface area contributed by atoms with Crippen LogP contribution < -0.4 is 0 Å². The van der Waals surface area contributed by atoms with Gasteiger partial charge in [-0.1, -0.05) is 0 Å². The van der Waals surface area contributed by atoms with Gasteiger partial charge in [-0.05, 0) is 13.8 Å². The maximum Gasteiger partial charge on any atom is 0.350 e. The lowest BCUT2D eigenvalue weighted by Gasteiger charge is -2.21. The van der Waals surface area contributed by atoms with Crippen molar-refractivity contribution in [3.8, 4) is 0 Å². The van der Waals surface area contributed by atoms with Crippen LogP contribution in [-0.4, -0.2) is 30.8 Å². The molecular weight excluding hydrogens is 179 g/mol. The van der Waals surface area contributed by atoms with E-state index in [0.717, 1.165) is 0 Å². The molecule has 0 fully saturated rings. The Kier molecular flexibility index (Phi) is 4.37. The number of ether oxygens (including phenoxy) is 2. The monoisotopic (exact) mass is 191 g/mol. The second-order valence-corrected chi connectivity index (χ2v) is 2.81. The van der Waals surface area contributed by atoms with Crippen molar-refractivity contribution < 1.29 is 23.5 Å². The maximum absolute atomic E-state index is 11.6. The van der Waals surface area contributed by atoms with Gasteiger partial charge in [0.1, 0.15) is 13.3 Å². The van der Waals surface area contributed by atoms with Crippen LogP contribution in [0.1, 0.15) is 13.8 Å². The lowest BCUT2D eigenvalue weighted by atomic mass is 10.1. The summed E-state index contributed by atoms with van der Waals surface area (Å²) in [5, 5.41) is 0. The van der Waals surface area contributed by atoms with Gasteiger partial charge in [0.05, 0.1) is 6.92 Å². The van der Waals surface area contributed by atoms with Crippen LogP contribution in [-0.2, 0) is 19.1 Å². The molecule has 13 heavy (non-hydrogen) atoms. The SMILES string of the molecule is [CH2]C(=O)OC(C)(C)C(=O)OCCF. The van der Waals surface area contributed by atoms with E-state index < -0.39 is 24.2 Å². The average Bonchev–Trinajstić information content (AvgIpc) is 1.97. The minimum absolute atomic E-state index is 0.336. The summed E-state index contributed by atoms with van der Waals surface area (Å²) in [4.78, 5) is 21.5. The van der Waals surface area contributed by atoms with E-state index in [1.807, 2.05) is 0 Å². The molecule has 0 aromatic heterocycles. The Morgan fingerprint density at radius 1 is 1.46 bits per heavy atom. The standard InChI is InChI=1S/C8H12FO4/c1-6(10)13-8(2,3)7(11)12-5-4-9/h1,4-5H2,2-3H3. The molecule has 0 rings (SSSR count). The van der Waals surface area contributed by atoms with E-state index in [1.54, 1.807) is 0 Å². The number of carbonyl (C=O) groups excluding carboxylic acids is 2. The third kappa shape index (κ3) is 4.45. The highest BCUT2D eigenvalue weighted by molar-refractivity contribution is 5.83. The number of hydrogen-bond acceptors (Lipinski definition) is 4. The van der Waals surface area contributed by atoms with Crippen molar-refractivity contribution in [2.45, 2.75) is 19.4 Å². The lowest BCUT2D eigenvalue weighted by molar-refractivity contribution is -0.176. The van der Waals surface area contributed by atoms with Crippen LogP contribution in [0, 0.1) is 6.92 Å². The molecule has 4 nitrogen and oxygen atoms in total. The summed E-state index contributed by atoms with van der Waals surface area (Å²) in [5.74, 6) is -1.62. The van der Waals surface area contributed by atoms with Gasteiger partial charge in [0.2, 0.25) is 5.60 Å². The number of hydrogen-bond donors (Lipinski definition) is 0. The smallest absolute Gasteiger partial charge is 0.350 e. The molecule has 0 amide bonds. The Morgan fingerprint density at radius 2 is 2.00 bits per heavy atom. The van der Waals surface area contributed by atoms with E-state index in [2.05, 4.69) is 16.4 Å². The summed E-state index contributed by atoms with van der Waals surface area (Å²) in [6.07, 6.45) is 0. The quantitative estimate of drug-likeness (QED) is 0.612. The number of rotatable bonds is 4. The van der Waals surface area contributed by atoms with E-state index in [1.165, 1.54) is 13.8 Å². The van der Waals surface area contributed by atoms with Crippen LogP contribution in [0.3, 0.4) is 0 Å². The highest BCUT2D eigenvalue weighted by Crippen LogP contribution is 2.11. The Hall–Kier alpha value is -1.13. The van der Waals surface area contributed by atoms with Crippen molar-refractivity contribution in [3.05, 3.63) is 6.92 Å². The molecule has 5 heteroatoms. The summed E-state index contributed by atoms with van der Waals surface area (Å²) < 4.78 is 20.6. The molecule has 0 saturated heterocycles. The molecule has 0 aliphatic rings. The van der Waals surface area contributed by atoms with Crippen molar-refractivity contribution in [1.29, 1.82) is 0 Å². The van der Waals surface area contributed by atoms with E-state index >= 15 is 0 Å². The lowest BCUT2D eigenvalue weighted by Crippen LogP contribution is -2.38. The molecule has 0 aromatic carbocycles. The molecule has 0 aliphatic heterocycles. The molecule has 0 atom stereocenters. The second-order valence-electron chi connectivity index (χ2n) is 2.81. The molecule has 0 N–H and O–H groups in total. The number of carbonyl (C=O) groups is 2. The highest BCUT2D eigenvalue weighted by atomic mass is 19.1. The number of halogens is 1. The molecule has 0 saturated carbocycles. The van der Waals surface area contributed by atoms with Crippen molar-refractivity contribution in [2.24, 2.45) is 0 Å². The second kappa shape index (κ2) is 4.79. The Morgan fingerprint density at radius 3 is 2.38 bits per heavy atom. The first kappa shape index (κ1) is 11.9. The number of esters is 2. The molecule has 75 valence electrons. The fourth-order valence-corrected chi connectivity index (χ4v) is 0.631. The topological polar surface area (TPSA) is 52.6 Å². The molecule has 0 bridgehead atoms. The first-order valence-electron chi connectivity index (χ1n) is 3.68. The Bertz CT molecular complexity index is 200. The van der Waals surface area contributed by atoms with Gasteiger partial charge in [0.25, 0.3) is 0 Å². The van der Waals surface area contributed by atoms with Crippen LogP contribution in [0.25, 0.3) is 0 Å². The van der Waals surface area contributed by atoms with Gasteiger partial charge in [-0.2, -0.15) is 0 Å². The van der Waals surface area contributed by atoms with Crippen LogP contribution >= 0.6 is 0 Å². The first-order chi connectivity index (χ1) is 5.90. The van der Waals surface area contributed by atoms with Gasteiger partial charge in [0, 0.05) is 0 Å². The van der Waals surface area contributed by atoms with Crippen LogP contribution in [0.4, 0.5) is 4.39 Å². The zero-order valence-corrected chi connectivity index (χ0v) is 7.63. The van der Waals surface area contributed by atoms with E-state index in [4.69, 9.17) is 0 Å². The van der Waals surface area contributed by atoms with Gasteiger partial charge in [-0.15, -0.1) is 0 Å². The van der Waals surface area contributed by atoms with Crippen molar-refractivity contribution in [2.75, 3.05) is 13.3 Å². The summed E-state index contributed by atoms with van der Waals surface area (Å²) in [6, 6.07) is 0. The number of alkyl halides is 1. The zero-order valence-electron chi connectivity index (χ0n) is 7.63. The molecule has 0 unspecified atom stereocenters. The molecule has 0 heterocycles. The normalized spacial score (nSPS) is 10.8. The van der Waals surface area contributed by atoms with Crippen LogP contribution in [0.5, 0.6) is 0 Å². The maximum atomic E-state index is 11.6. The van der Waals surface area contributed by atoms with Crippen molar-refractivity contribution >= 4 is 11.9 Å². The van der Waals surface area contributed by atoms with Gasteiger partial charge < -0.3 is 9.47 Å². The Labute approximate surface area is 76.0 Å². The van der Waals surface area contributed by atoms with Gasteiger partial charge in [-0.3, -0.25) is 4.79 Å².